The Morgan fingerprint density at radius 1 is 1.16 bits per heavy atom. The van der Waals surface area contributed by atoms with E-state index in [2.05, 4.69) is 16.3 Å². The number of piperazine rings is 1. The first-order chi connectivity index (χ1) is 15.5. The van der Waals surface area contributed by atoms with E-state index in [1.807, 2.05) is 0 Å². The highest BCUT2D eigenvalue weighted by Crippen LogP contribution is 2.30. The first-order valence-electron chi connectivity index (χ1n) is 10.7. The van der Waals surface area contributed by atoms with Crippen molar-refractivity contribution < 1.29 is 28.5 Å². The smallest absolute Gasteiger partial charge is 0.409 e. The van der Waals surface area contributed by atoms with E-state index in [0.717, 1.165) is 12.8 Å². The molecule has 1 aromatic rings. The molecule has 32 heavy (non-hydrogen) atoms. The molecule has 1 aromatic carbocycles. The topological polar surface area (TPSA) is 113 Å². The van der Waals surface area contributed by atoms with Crippen molar-refractivity contribution >= 4 is 12.2 Å². The van der Waals surface area contributed by atoms with Crippen LogP contribution in [0.4, 0.5) is 9.59 Å². The molecule has 3 rings (SSSR count). The molecule has 2 saturated heterocycles. The summed E-state index contributed by atoms with van der Waals surface area (Å²) in [5, 5.41) is 11.8. The lowest BCUT2D eigenvalue weighted by molar-refractivity contribution is 0.0293. The van der Waals surface area contributed by atoms with E-state index >= 15 is 0 Å². The van der Waals surface area contributed by atoms with Crippen LogP contribution in [0.5, 0.6) is 5.75 Å². The van der Waals surface area contributed by atoms with Gasteiger partial charge in [0.15, 0.2) is 0 Å². The average Bonchev–Trinajstić information content (AvgIpc) is 3.03. The monoisotopic (exact) mass is 446 g/mol. The van der Waals surface area contributed by atoms with E-state index < -0.39 is 6.09 Å². The van der Waals surface area contributed by atoms with Crippen LogP contribution in [-0.2, 0) is 14.2 Å². The van der Waals surface area contributed by atoms with E-state index in [1.54, 1.807) is 36.3 Å². The zero-order chi connectivity index (χ0) is 22.9. The Bertz CT molecular complexity index is 798. The quantitative estimate of drug-likeness (QED) is 0.569. The third-order valence-corrected chi connectivity index (χ3v) is 5.78. The van der Waals surface area contributed by atoms with Crippen LogP contribution in [0.3, 0.4) is 0 Å². The number of carbonyl (C=O) groups excluding carboxylic acids is 2. The SMILES string of the molecule is COCCOC(=O)N1CC2CCC(C1)N2CC(COc1ccc(C#N)cc1)NC(=O)OC. The number of ether oxygens (including phenoxy) is 4. The molecule has 3 unspecified atom stereocenters. The zero-order valence-electron chi connectivity index (χ0n) is 18.5. The molecule has 10 heteroatoms. The van der Waals surface area contributed by atoms with E-state index in [1.165, 1.54) is 7.11 Å². The van der Waals surface area contributed by atoms with Crippen molar-refractivity contribution in [3.63, 3.8) is 0 Å². The maximum Gasteiger partial charge on any atom is 0.409 e. The number of likely N-dealkylation sites (tertiary alicyclic amines) is 1. The van der Waals surface area contributed by atoms with E-state index in [9.17, 15) is 9.59 Å². The first-order valence-corrected chi connectivity index (χ1v) is 10.7. The van der Waals surface area contributed by atoms with Crippen LogP contribution in [0.15, 0.2) is 24.3 Å². The van der Waals surface area contributed by atoms with E-state index in [-0.39, 0.29) is 37.4 Å². The van der Waals surface area contributed by atoms with Gasteiger partial charge in [-0.1, -0.05) is 0 Å². The summed E-state index contributed by atoms with van der Waals surface area (Å²) in [6, 6.07) is 8.98. The fourth-order valence-electron chi connectivity index (χ4n) is 4.18. The molecular formula is C22H30N4O6. The molecule has 0 radical (unpaired) electrons. The van der Waals surface area contributed by atoms with Gasteiger partial charge in [-0.3, -0.25) is 4.90 Å². The minimum atomic E-state index is -0.522. The summed E-state index contributed by atoms with van der Waals surface area (Å²) in [5.74, 6) is 0.618. The third kappa shape index (κ3) is 6.24. The fraction of sp³-hybridized carbons (Fsp3) is 0.591. The molecule has 0 aliphatic carbocycles. The number of alkyl carbamates (subject to hydrolysis) is 1. The highest BCUT2D eigenvalue weighted by atomic mass is 16.6. The van der Waals surface area contributed by atoms with Crippen LogP contribution in [-0.4, -0.2) is 93.8 Å². The molecule has 0 aromatic heterocycles. The van der Waals surface area contributed by atoms with Gasteiger partial charge in [0.1, 0.15) is 19.0 Å². The van der Waals surface area contributed by atoms with Crippen molar-refractivity contribution in [2.24, 2.45) is 0 Å². The van der Waals surface area contributed by atoms with Crippen molar-refractivity contribution in [3.8, 4) is 11.8 Å². The molecule has 2 fully saturated rings. The number of amides is 2. The van der Waals surface area contributed by atoms with E-state index in [4.69, 9.17) is 24.2 Å². The second-order valence-electron chi connectivity index (χ2n) is 7.87. The van der Waals surface area contributed by atoms with Gasteiger partial charge >= 0.3 is 12.2 Å². The molecule has 2 heterocycles. The summed E-state index contributed by atoms with van der Waals surface area (Å²) in [4.78, 5) is 28.3. The fourth-order valence-corrected chi connectivity index (χ4v) is 4.18. The highest BCUT2D eigenvalue weighted by molar-refractivity contribution is 5.68. The summed E-state index contributed by atoms with van der Waals surface area (Å²) in [7, 11) is 2.89. The van der Waals surface area contributed by atoms with Crippen molar-refractivity contribution in [2.75, 3.05) is 53.7 Å². The Labute approximate surface area is 187 Å². The number of carbonyl (C=O) groups is 2. The van der Waals surface area contributed by atoms with E-state index in [0.29, 0.717) is 37.6 Å². The molecular weight excluding hydrogens is 416 g/mol. The van der Waals surface area contributed by atoms with Crippen molar-refractivity contribution in [2.45, 2.75) is 31.0 Å². The number of nitrogens with one attached hydrogen (secondary N) is 1. The molecule has 2 aliphatic rings. The first kappa shape index (κ1) is 23.6. The third-order valence-electron chi connectivity index (χ3n) is 5.78. The van der Waals surface area contributed by atoms with Gasteiger partial charge in [-0.25, -0.2) is 9.59 Å². The largest absolute Gasteiger partial charge is 0.491 e. The Kier molecular flexibility index (Phi) is 8.53. The average molecular weight is 447 g/mol. The van der Waals surface area contributed by atoms with Crippen molar-refractivity contribution in [3.05, 3.63) is 29.8 Å². The number of rotatable bonds is 9. The summed E-state index contributed by atoms with van der Waals surface area (Å²) in [6.07, 6.45) is 1.13. The van der Waals surface area contributed by atoms with Gasteiger partial charge in [0.25, 0.3) is 0 Å². The molecule has 174 valence electrons. The van der Waals surface area contributed by atoms with Gasteiger partial charge < -0.3 is 29.2 Å². The number of fused-ring (bicyclic) bond motifs is 2. The summed E-state index contributed by atoms with van der Waals surface area (Å²) >= 11 is 0. The molecule has 2 bridgehead atoms. The second-order valence-corrected chi connectivity index (χ2v) is 7.87. The predicted molar refractivity (Wildman–Crippen MR) is 114 cm³/mol. The summed E-state index contributed by atoms with van der Waals surface area (Å²) in [5.41, 5.74) is 0.553. The molecule has 2 aliphatic heterocycles. The van der Waals surface area contributed by atoms with Crippen LogP contribution in [0.1, 0.15) is 18.4 Å². The van der Waals surface area contributed by atoms with Gasteiger partial charge in [0.05, 0.1) is 31.4 Å². The molecule has 3 atom stereocenters. The minimum absolute atomic E-state index is 0.195. The second kappa shape index (κ2) is 11.5. The van der Waals surface area contributed by atoms with Crippen LogP contribution < -0.4 is 10.1 Å². The standard InChI is InChI=1S/C22H30N4O6/c1-29-9-10-31-22(28)25-13-18-5-6-19(14-25)26(18)12-17(24-21(27)30-2)15-32-20-7-3-16(11-23)4-8-20/h3-4,7-8,17-19H,5-6,9-10,12-15H2,1-2H3,(H,24,27). The highest BCUT2D eigenvalue weighted by Gasteiger charge is 2.42. The number of methoxy groups -OCH3 is 2. The van der Waals surface area contributed by atoms with Crippen LogP contribution in [0, 0.1) is 11.3 Å². The molecule has 2 amide bonds. The van der Waals surface area contributed by atoms with Gasteiger partial charge in [-0.15, -0.1) is 0 Å². The Hall–Kier alpha value is -3.03. The Morgan fingerprint density at radius 2 is 1.84 bits per heavy atom. The maximum absolute atomic E-state index is 12.3. The van der Waals surface area contributed by atoms with Crippen molar-refractivity contribution in [1.29, 1.82) is 5.26 Å². The zero-order valence-corrected chi connectivity index (χ0v) is 18.5. The molecule has 10 nitrogen and oxygen atoms in total. The number of nitriles is 1. The molecule has 0 spiro atoms. The van der Waals surface area contributed by atoms with Gasteiger partial charge in [-0.05, 0) is 37.1 Å². The minimum Gasteiger partial charge on any atom is -0.491 e. The lowest BCUT2D eigenvalue weighted by atomic mass is 10.1. The number of nitrogens with zero attached hydrogens (tertiary/aromatic N) is 3. The van der Waals surface area contributed by atoms with Gasteiger partial charge in [-0.2, -0.15) is 5.26 Å². The molecule has 1 N–H and O–H groups in total. The maximum atomic E-state index is 12.3. The van der Waals surface area contributed by atoms with Crippen molar-refractivity contribution in [1.82, 2.24) is 15.1 Å². The van der Waals surface area contributed by atoms with Gasteiger partial charge in [0, 0.05) is 38.8 Å². The predicted octanol–water partition coefficient (Wildman–Crippen LogP) is 1.59. The normalized spacial score (nSPS) is 20.8. The van der Waals surface area contributed by atoms with Gasteiger partial charge in [0.2, 0.25) is 0 Å². The lowest BCUT2D eigenvalue weighted by Crippen LogP contribution is -2.59. The summed E-state index contributed by atoms with van der Waals surface area (Å²) < 4.78 is 20.8. The Morgan fingerprint density at radius 3 is 2.44 bits per heavy atom. The number of hydrogen-bond acceptors (Lipinski definition) is 8. The van der Waals surface area contributed by atoms with Crippen LogP contribution >= 0.6 is 0 Å². The summed E-state index contributed by atoms with van der Waals surface area (Å²) in [6.45, 7) is 2.61. The lowest BCUT2D eigenvalue weighted by Gasteiger charge is -2.41. The molecule has 0 saturated carbocycles. The van der Waals surface area contributed by atoms with Crippen LogP contribution in [0.2, 0.25) is 0 Å². The number of hydrogen-bond donors (Lipinski definition) is 1. The Balaban J connectivity index is 1.57. The number of benzene rings is 1. The van der Waals surface area contributed by atoms with Crippen LogP contribution in [0.25, 0.3) is 0 Å².